The van der Waals surface area contributed by atoms with Crippen molar-refractivity contribution in [3.63, 3.8) is 0 Å². The van der Waals surface area contributed by atoms with E-state index in [1.807, 2.05) is 0 Å². The number of primary sulfonamides is 1. The standard InChI is InChI=1S/C6H8N2O2S2.Na.H/c7-5-3-4(12(8,9)10)1-2-6(5)11;;/h1-3,11H,7H2,(H2,8,9,10);;/q;+1;-1. The van der Waals surface area contributed by atoms with Gasteiger partial charge in [0.05, 0.1) is 4.90 Å². The molecule has 0 aliphatic carbocycles. The van der Waals surface area contributed by atoms with Crippen LogP contribution >= 0.6 is 12.6 Å². The minimum Gasteiger partial charge on any atom is -1.00 e. The van der Waals surface area contributed by atoms with Gasteiger partial charge >= 0.3 is 29.6 Å². The molecule has 4 N–H and O–H groups in total. The maximum Gasteiger partial charge on any atom is 1.00 e. The van der Waals surface area contributed by atoms with E-state index in [9.17, 15) is 8.42 Å². The van der Waals surface area contributed by atoms with Gasteiger partial charge in [-0.3, -0.25) is 0 Å². The van der Waals surface area contributed by atoms with Crippen molar-refractivity contribution in [3.05, 3.63) is 18.2 Å². The average Bonchev–Trinajstić information content (AvgIpc) is 1.92. The average molecular weight is 228 g/mol. The molecule has 0 aliphatic rings. The smallest absolute Gasteiger partial charge is 1.00 e. The van der Waals surface area contributed by atoms with Crippen LogP contribution in [-0.4, -0.2) is 8.42 Å². The zero-order valence-corrected chi connectivity index (χ0v) is 10.8. The zero-order chi connectivity index (χ0) is 9.35. The molecule has 1 aromatic carbocycles. The molecular formula is C6H9N2NaO2S2. The van der Waals surface area contributed by atoms with E-state index in [2.05, 4.69) is 12.6 Å². The molecule has 1 aromatic rings. The molecule has 0 amide bonds. The van der Waals surface area contributed by atoms with Crippen LogP contribution in [0.3, 0.4) is 0 Å². The molecule has 7 heteroatoms. The molecule has 0 aromatic heterocycles. The summed E-state index contributed by atoms with van der Waals surface area (Å²) in [5.74, 6) is 0. The van der Waals surface area contributed by atoms with Crippen molar-refractivity contribution in [2.75, 3.05) is 5.73 Å². The molecule has 0 saturated heterocycles. The molecular weight excluding hydrogens is 219 g/mol. The van der Waals surface area contributed by atoms with Gasteiger partial charge in [0.15, 0.2) is 0 Å². The summed E-state index contributed by atoms with van der Waals surface area (Å²) in [6.45, 7) is 0. The second-order valence-electron chi connectivity index (χ2n) is 2.27. The first kappa shape index (κ1) is 13.3. The molecule has 4 nitrogen and oxygen atoms in total. The van der Waals surface area contributed by atoms with E-state index in [0.29, 0.717) is 10.6 Å². The first-order valence-electron chi connectivity index (χ1n) is 3.02. The molecule has 0 spiro atoms. The van der Waals surface area contributed by atoms with Gasteiger partial charge in [-0.15, -0.1) is 12.6 Å². The first-order chi connectivity index (χ1) is 5.41. The normalized spacial score (nSPS) is 10.6. The van der Waals surface area contributed by atoms with E-state index in [0.717, 1.165) is 0 Å². The Balaban J connectivity index is 0. The molecule has 0 heterocycles. The van der Waals surface area contributed by atoms with Crippen molar-refractivity contribution in [1.82, 2.24) is 0 Å². The van der Waals surface area contributed by atoms with E-state index in [-0.39, 0.29) is 35.9 Å². The van der Waals surface area contributed by atoms with E-state index in [1.54, 1.807) is 0 Å². The number of hydrogen-bond acceptors (Lipinski definition) is 4. The number of benzene rings is 1. The Hall–Kier alpha value is 0.280. The minimum atomic E-state index is -3.66. The number of anilines is 1. The van der Waals surface area contributed by atoms with Crippen molar-refractivity contribution >= 4 is 28.3 Å². The molecule has 0 bridgehead atoms. The summed E-state index contributed by atoms with van der Waals surface area (Å²) in [6, 6.07) is 4.11. The SMILES string of the molecule is Nc1cc(S(N)(=O)=O)ccc1S.[H-].[Na+]. The molecule has 68 valence electrons. The maximum atomic E-state index is 10.8. The summed E-state index contributed by atoms with van der Waals surface area (Å²) in [5, 5.41) is 4.87. The van der Waals surface area contributed by atoms with Crippen molar-refractivity contribution in [2.24, 2.45) is 5.14 Å². The van der Waals surface area contributed by atoms with Gasteiger partial charge in [-0.25, -0.2) is 13.6 Å². The van der Waals surface area contributed by atoms with E-state index in [1.165, 1.54) is 18.2 Å². The molecule has 0 radical (unpaired) electrons. The molecule has 0 saturated carbocycles. The van der Waals surface area contributed by atoms with Crippen molar-refractivity contribution < 1.29 is 39.4 Å². The molecule has 0 unspecified atom stereocenters. The van der Waals surface area contributed by atoms with E-state index >= 15 is 0 Å². The summed E-state index contributed by atoms with van der Waals surface area (Å²) in [7, 11) is -3.66. The molecule has 1 rings (SSSR count). The third-order valence-electron chi connectivity index (χ3n) is 1.33. The second-order valence-corrected chi connectivity index (χ2v) is 4.31. The van der Waals surface area contributed by atoms with Crippen LogP contribution in [0, 0.1) is 0 Å². The van der Waals surface area contributed by atoms with Gasteiger partial charge in [0.1, 0.15) is 0 Å². The maximum absolute atomic E-state index is 10.8. The monoisotopic (exact) mass is 228 g/mol. The molecule has 13 heavy (non-hydrogen) atoms. The van der Waals surface area contributed by atoms with Gasteiger partial charge < -0.3 is 7.16 Å². The minimum absolute atomic E-state index is 0. The van der Waals surface area contributed by atoms with Gasteiger partial charge in [-0.05, 0) is 18.2 Å². The van der Waals surface area contributed by atoms with E-state index < -0.39 is 10.0 Å². The Labute approximate surface area is 106 Å². The van der Waals surface area contributed by atoms with Crippen molar-refractivity contribution in [1.29, 1.82) is 0 Å². The Bertz CT molecular complexity index is 410. The van der Waals surface area contributed by atoms with Crippen LogP contribution in [0.15, 0.2) is 28.0 Å². The number of nitrogen functional groups attached to an aromatic ring is 1. The van der Waals surface area contributed by atoms with Gasteiger partial charge in [0.2, 0.25) is 10.0 Å². The molecule has 0 fully saturated rings. The number of nitrogens with two attached hydrogens (primary N) is 2. The van der Waals surface area contributed by atoms with Crippen LogP contribution in [0.5, 0.6) is 0 Å². The Morgan fingerprint density at radius 2 is 1.92 bits per heavy atom. The summed E-state index contributed by atoms with van der Waals surface area (Å²) >= 11 is 3.98. The molecule has 0 aliphatic heterocycles. The van der Waals surface area contributed by atoms with Crippen LogP contribution in [-0.2, 0) is 10.0 Å². The number of hydrogen-bond donors (Lipinski definition) is 3. The summed E-state index contributed by atoms with van der Waals surface area (Å²) in [4.78, 5) is 0.528. The number of thiol groups is 1. The van der Waals surface area contributed by atoms with Gasteiger partial charge in [0.25, 0.3) is 0 Å². The topological polar surface area (TPSA) is 86.2 Å². The van der Waals surface area contributed by atoms with E-state index in [4.69, 9.17) is 10.9 Å². The van der Waals surface area contributed by atoms with Crippen LogP contribution < -0.4 is 40.4 Å². The fourth-order valence-corrected chi connectivity index (χ4v) is 1.40. The number of rotatable bonds is 1. The third kappa shape index (κ3) is 3.49. The van der Waals surface area contributed by atoms with Gasteiger partial charge in [-0.1, -0.05) is 0 Å². The zero-order valence-electron chi connectivity index (χ0n) is 8.06. The second kappa shape index (κ2) is 4.68. The summed E-state index contributed by atoms with van der Waals surface area (Å²) in [6.07, 6.45) is 0. The van der Waals surface area contributed by atoms with Crippen LogP contribution in [0.2, 0.25) is 0 Å². The third-order valence-corrected chi connectivity index (χ3v) is 2.65. The predicted molar refractivity (Wildman–Crippen MR) is 50.6 cm³/mol. The molecule has 0 atom stereocenters. The fourth-order valence-electron chi connectivity index (χ4n) is 0.710. The van der Waals surface area contributed by atoms with Gasteiger partial charge in [0, 0.05) is 10.6 Å². The Morgan fingerprint density at radius 1 is 1.38 bits per heavy atom. The van der Waals surface area contributed by atoms with Gasteiger partial charge in [-0.2, -0.15) is 0 Å². The van der Waals surface area contributed by atoms with Crippen LogP contribution in [0.4, 0.5) is 5.69 Å². The van der Waals surface area contributed by atoms with Crippen LogP contribution in [0.25, 0.3) is 0 Å². The Kier molecular flexibility index (Phi) is 4.78. The summed E-state index contributed by atoms with van der Waals surface area (Å²) in [5.41, 5.74) is 5.72. The summed E-state index contributed by atoms with van der Waals surface area (Å²) < 4.78 is 21.6. The number of sulfonamides is 1. The van der Waals surface area contributed by atoms with Crippen molar-refractivity contribution in [3.8, 4) is 0 Å². The fraction of sp³-hybridized carbons (Fsp3) is 0. The van der Waals surface area contributed by atoms with Crippen molar-refractivity contribution in [2.45, 2.75) is 9.79 Å². The predicted octanol–water partition coefficient (Wildman–Crippen LogP) is -2.68. The van der Waals surface area contributed by atoms with Crippen LogP contribution in [0.1, 0.15) is 1.43 Å². The quantitative estimate of drug-likeness (QED) is 0.278. The first-order valence-corrected chi connectivity index (χ1v) is 5.02. The largest absolute Gasteiger partial charge is 1.00 e. The Morgan fingerprint density at radius 3 is 2.31 bits per heavy atom.